The number of anilines is 1. The van der Waals surface area contributed by atoms with Crippen LogP contribution in [-0.2, 0) is 17.7 Å². The van der Waals surface area contributed by atoms with E-state index in [1.807, 2.05) is 0 Å². The highest BCUT2D eigenvalue weighted by atomic mass is 16.5. The molecule has 3 nitrogen and oxygen atoms in total. The Morgan fingerprint density at radius 1 is 1.24 bits per heavy atom. The zero-order valence-corrected chi connectivity index (χ0v) is 10.2. The number of ether oxygens (including phenoxy) is 1. The minimum Gasteiger partial charge on any atom is -0.384 e. The van der Waals surface area contributed by atoms with E-state index in [0.29, 0.717) is 0 Å². The van der Waals surface area contributed by atoms with E-state index in [-0.39, 0.29) is 0 Å². The number of nitrogens with one attached hydrogen (secondary N) is 1. The maximum Gasteiger partial charge on any atom is 0.0593 e. The van der Waals surface area contributed by atoms with Crippen LogP contribution in [0.15, 0.2) is 18.2 Å². The van der Waals surface area contributed by atoms with E-state index in [0.717, 1.165) is 45.8 Å². The fourth-order valence-electron chi connectivity index (χ4n) is 2.65. The van der Waals surface area contributed by atoms with Crippen molar-refractivity contribution in [2.75, 3.05) is 38.2 Å². The molecule has 0 atom stereocenters. The van der Waals surface area contributed by atoms with Gasteiger partial charge in [0.2, 0.25) is 0 Å². The molecule has 0 bridgehead atoms. The zero-order valence-electron chi connectivity index (χ0n) is 10.2. The third-order valence-corrected chi connectivity index (χ3v) is 3.61. The highest BCUT2D eigenvalue weighted by Crippen LogP contribution is 2.23. The number of fused-ring (bicyclic) bond motifs is 1. The molecular formula is C14H20N2O. The number of benzene rings is 1. The summed E-state index contributed by atoms with van der Waals surface area (Å²) in [6.45, 7) is 6.16. The molecule has 0 spiro atoms. The summed E-state index contributed by atoms with van der Waals surface area (Å²) in [6, 6.07) is 6.87. The maximum atomic E-state index is 5.48. The second-order valence-electron chi connectivity index (χ2n) is 4.91. The highest BCUT2D eigenvalue weighted by molar-refractivity contribution is 5.56. The predicted octanol–water partition coefficient (Wildman–Crippen LogP) is 1.88. The number of hydrogen-bond acceptors (Lipinski definition) is 3. The Morgan fingerprint density at radius 3 is 3.24 bits per heavy atom. The van der Waals surface area contributed by atoms with Crippen LogP contribution in [0, 0.1) is 0 Å². The van der Waals surface area contributed by atoms with Crippen LogP contribution >= 0.6 is 0 Å². The molecule has 1 fully saturated rings. The molecule has 92 valence electrons. The first-order chi connectivity index (χ1) is 8.42. The van der Waals surface area contributed by atoms with Crippen LogP contribution in [0.5, 0.6) is 0 Å². The van der Waals surface area contributed by atoms with E-state index in [9.17, 15) is 0 Å². The molecular weight excluding hydrogens is 212 g/mol. The van der Waals surface area contributed by atoms with Gasteiger partial charge < -0.3 is 10.1 Å². The van der Waals surface area contributed by atoms with E-state index in [2.05, 4.69) is 28.4 Å². The van der Waals surface area contributed by atoms with Crippen molar-refractivity contribution in [1.82, 2.24) is 4.90 Å². The lowest BCUT2D eigenvalue weighted by atomic mass is 10.1. The SMILES string of the molecule is c1cc2c(cc1CN1CCCOCC1)NCC2. The van der Waals surface area contributed by atoms with Crippen LogP contribution in [-0.4, -0.2) is 37.7 Å². The first-order valence-electron chi connectivity index (χ1n) is 6.57. The molecule has 3 heteroatoms. The Kier molecular flexibility index (Phi) is 3.29. The van der Waals surface area contributed by atoms with Crippen molar-refractivity contribution in [3.63, 3.8) is 0 Å². The lowest BCUT2D eigenvalue weighted by molar-refractivity contribution is 0.140. The van der Waals surface area contributed by atoms with E-state index < -0.39 is 0 Å². The second-order valence-corrected chi connectivity index (χ2v) is 4.91. The Balaban J connectivity index is 1.67. The van der Waals surface area contributed by atoms with Gasteiger partial charge in [-0.3, -0.25) is 4.90 Å². The van der Waals surface area contributed by atoms with Gasteiger partial charge in [-0.1, -0.05) is 12.1 Å². The van der Waals surface area contributed by atoms with Gasteiger partial charge >= 0.3 is 0 Å². The number of hydrogen-bond donors (Lipinski definition) is 1. The van der Waals surface area contributed by atoms with Crippen molar-refractivity contribution in [2.24, 2.45) is 0 Å². The molecule has 1 saturated heterocycles. The van der Waals surface area contributed by atoms with Gasteiger partial charge in [0.25, 0.3) is 0 Å². The molecule has 0 saturated carbocycles. The van der Waals surface area contributed by atoms with Crippen LogP contribution < -0.4 is 5.32 Å². The summed E-state index contributed by atoms with van der Waals surface area (Å²) in [5.41, 5.74) is 4.22. The molecule has 17 heavy (non-hydrogen) atoms. The van der Waals surface area contributed by atoms with Crippen LogP contribution in [0.2, 0.25) is 0 Å². The van der Waals surface area contributed by atoms with Gasteiger partial charge in [-0.05, 0) is 30.0 Å². The Hall–Kier alpha value is -1.06. The molecule has 0 aromatic heterocycles. The van der Waals surface area contributed by atoms with Crippen LogP contribution in [0.25, 0.3) is 0 Å². The Bertz CT molecular complexity index is 384. The predicted molar refractivity (Wildman–Crippen MR) is 69.3 cm³/mol. The molecule has 1 aromatic carbocycles. The monoisotopic (exact) mass is 232 g/mol. The molecule has 0 unspecified atom stereocenters. The average Bonchev–Trinajstić information content (AvgIpc) is 2.65. The molecule has 0 amide bonds. The maximum absolute atomic E-state index is 5.48. The van der Waals surface area contributed by atoms with E-state index in [4.69, 9.17) is 4.74 Å². The van der Waals surface area contributed by atoms with Gasteiger partial charge in [-0.25, -0.2) is 0 Å². The molecule has 0 aliphatic carbocycles. The Morgan fingerprint density at radius 2 is 2.24 bits per heavy atom. The highest BCUT2D eigenvalue weighted by Gasteiger charge is 2.13. The average molecular weight is 232 g/mol. The van der Waals surface area contributed by atoms with E-state index >= 15 is 0 Å². The molecule has 2 aliphatic rings. The normalized spacial score (nSPS) is 20.7. The topological polar surface area (TPSA) is 24.5 Å². The fraction of sp³-hybridized carbons (Fsp3) is 0.571. The third kappa shape index (κ3) is 2.61. The van der Waals surface area contributed by atoms with Crippen molar-refractivity contribution < 1.29 is 4.74 Å². The summed E-state index contributed by atoms with van der Waals surface area (Å²) in [7, 11) is 0. The summed E-state index contributed by atoms with van der Waals surface area (Å²) in [5, 5.41) is 3.45. The fourth-order valence-corrected chi connectivity index (χ4v) is 2.65. The molecule has 0 radical (unpaired) electrons. The lowest BCUT2D eigenvalue weighted by Crippen LogP contribution is -2.25. The molecule has 2 heterocycles. The van der Waals surface area contributed by atoms with Crippen LogP contribution in [0.1, 0.15) is 17.5 Å². The third-order valence-electron chi connectivity index (χ3n) is 3.61. The Labute approximate surface area is 103 Å². The van der Waals surface area contributed by atoms with E-state index in [1.54, 1.807) is 0 Å². The first-order valence-corrected chi connectivity index (χ1v) is 6.57. The van der Waals surface area contributed by atoms with Crippen LogP contribution in [0.4, 0.5) is 5.69 Å². The molecule has 1 N–H and O–H groups in total. The molecule has 1 aromatic rings. The van der Waals surface area contributed by atoms with Gasteiger partial charge in [-0.15, -0.1) is 0 Å². The van der Waals surface area contributed by atoms with Crippen molar-refractivity contribution in [3.05, 3.63) is 29.3 Å². The van der Waals surface area contributed by atoms with Gasteiger partial charge in [0.05, 0.1) is 6.61 Å². The largest absolute Gasteiger partial charge is 0.384 e. The molecule has 3 rings (SSSR count). The number of nitrogens with zero attached hydrogens (tertiary/aromatic N) is 1. The summed E-state index contributed by atoms with van der Waals surface area (Å²) in [6.07, 6.45) is 2.33. The quantitative estimate of drug-likeness (QED) is 0.842. The first kappa shape index (κ1) is 11.1. The van der Waals surface area contributed by atoms with Gasteiger partial charge in [0.15, 0.2) is 0 Å². The zero-order chi connectivity index (χ0) is 11.5. The van der Waals surface area contributed by atoms with Gasteiger partial charge in [-0.2, -0.15) is 0 Å². The summed E-state index contributed by atoms with van der Waals surface area (Å²) >= 11 is 0. The number of rotatable bonds is 2. The van der Waals surface area contributed by atoms with Crippen molar-refractivity contribution in [1.29, 1.82) is 0 Å². The second kappa shape index (κ2) is 5.07. The van der Waals surface area contributed by atoms with Crippen molar-refractivity contribution >= 4 is 5.69 Å². The summed E-state index contributed by atoms with van der Waals surface area (Å²) in [5.74, 6) is 0. The summed E-state index contributed by atoms with van der Waals surface area (Å²) < 4.78 is 5.48. The minimum atomic E-state index is 0.878. The van der Waals surface area contributed by atoms with Gasteiger partial charge in [0.1, 0.15) is 0 Å². The van der Waals surface area contributed by atoms with Gasteiger partial charge in [0, 0.05) is 38.5 Å². The molecule has 2 aliphatic heterocycles. The van der Waals surface area contributed by atoms with Crippen molar-refractivity contribution in [3.8, 4) is 0 Å². The smallest absolute Gasteiger partial charge is 0.0593 e. The summed E-state index contributed by atoms with van der Waals surface area (Å²) in [4.78, 5) is 2.49. The standard InChI is InChI=1S/C14H20N2O/c1-6-16(7-9-17-8-1)11-12-2-3-13-4-5-15-14(13)10-12/h2-3,10,15H,1,4-9,11H2. The minimum absolute atomic E-state index is 0.878. The van der Waals surface area contributed by atoms with Crippen molar-refractivity contribution in [2.45, 2.75) is 19.4 Å². The lowest BCUT2D eigenvalue weighted by Gasteiger charge is -2.19. The van der Waals surface area contributed by atoms with Crippen LogP contribution in [0.3, 0.4) is 0 Å². The van der Waals surface area contributed by atoms with E-state index in [1.165, 1.54) is 23.2 Å².